The number of benzene rings is 1. The molecule has 4 N–H and O–H groups in total. The highest BCUT2D eigenvalue weighted by Crippen LogP contribution is 2.29. The second kappa shape index (κ2) is 5.88. The number of hydrogen-bond donors (Lipinski definition) is 3. The lowest BCUT2D eigenvalue weighted by Crippen LogP contribution is -2.29. The summed E-state index contributed by atoms with van der Waals surface area (Å²) in [6, 6.07) is 5.39. The van der Waals surface area contributed by atoms with Gasteiger partial charge in [-0.15, -0.1) is 11.3 Å². The third kappa shape index (κ3) is 2.63. The van der Waals surface area contributed by atoms with E-state index in [1.165, 1.54) is 4.88 Å². The van der Waals surface area contributed by atoms with E-state index in [1.807, 2.05) is 6.07 Å². The predicted octanol–water partition coefficient (Wildman–Crippen LogP) is 2.23. The number of nitrogens with zero attached hydrogens (tertiary/aromatic N) is 3. The quantitative estimate of drug-likeness (QED) is 0.678. The second-order valence-corrected chi connectivity index (χ2v) is 6.87. The summed E-state index contributed by atoms with van der Waals surface area (Å²) in [5.74, 6) is 0.0835. The molecule has 124 valence electrons. The summed E-state index contributed by atoms with van der Waals surface area (Å²) in [5.41, 5.74) is 8.60. The van der Waals surface area contributed by atoms with Crippen LogP contribution in [0.5, 0.6) is 0 Å². The highest BCUT2D eigenvalue weighted by molar-refractivity contribution is 7.15. The molecule has 1 aromatic carbocycles. The molecule has 0 aliphatic carbocycles. The molecule has 3 heterocycles. The average molecular weight is 342 g/mol. The van der Waals surface area contributed by atoms with Gasteiger partial charge in [0.25, 0.3) is 5.91 Å². The van der Waals surface area contributed by atoms with E-state index in [0.717, 1.165) is 37.3 Å². The maximum atomic E-state index is 12.6. The first kappa shape index (κ1) is 15.1. The molecule has 0 saturated heterocycles. The number of imidazole rings is 1. The van der Waals surface area contributed by atoms with Gasteiger partial charge in [-0.1, -0.05) is 13.0 Å². The van der Waals surface area contributed by atoms with E-state index in [-0.39, 0.29) is 5.91 Å². The van der Waals surface area contributed by atoms with Crippen molar-refractivity contribution >= 4 is 39.4 Å². The summed E-state index contributed by atoms with van der Waals surface area (Å²) in [7, 11) is 0. The number of fused-ring (bicyclic) bond motifs is 2. The van der Waals surface area contributed by atoms with Crippen molar-refractivity contribution < 1.29 is 4.79 Å². The number of likely N-dealkylation sites (N-methyl/N-ethyl adjacent to an activating group) is 1. The van der Waals surface area contributed by atoms with E-state index in [2.05, 4.69) is 32.1 Å². The molecular formula is C16H18N6OS. The Hall–Kier alpha value is -2.45. The molecule has 0 radical (unpaired) electrons. The van der Waals surface area contributed by atoms with Gasteiger partial charge in [0.1, 0.15) is 5.52 Å². The molecular weight excluding hydrogens is 324 g/mol. The van der Waals surface area contributed by atoms with Crippen molar-refractivity contribution in [1.82, 2.24) is 19.9 Å². The maximum absolute atomic E-state index is 12.6. The Balaban J connectivity index is 1.59. The Kier molecular flexibility index (Phi) is 3.70. The largest absolute Gasteiger partial charge is 0.369 e. The van der Waals surface area contributed by atoms with Crippen LogP contribution in [0.25, 0.3) is 11.0 Å². The van der Waals surface area contributed by atoms with Crippen LogP contribution >= 0.6 is 11.3 Å². The second-order valence-electron chi connectivity index (χ2n) is 5.79. The molecule has 0 atom stereocenters. The van der Waals surface area contributed by atoms with Gasteiger partial charge in [0.2, 0.25) is 0 Å². The lowest BCUT2D eigenvalue weighted by molar-refractivity contribution is 0.102. The molecule has 4 rings (SSSR count). The van der Waals surface area contributed by atoms with Gasteiger partial charge in [-0.25, -0.2) is 9.97 Å². The van der Waals surface area contributed by atoms with Crippen molar-refractivity contribution in [2.24, 2.45) is 0 Å². The fourth-order valence-corrected chi connectivity index (χ4v) is 4.02. The molecule has 0 spiro atoms. The standard InChI is InChI=1S/C16H18N6OS/c1-2-22-7-6-10-12(8-22)24-16(19-10)21-14(23)9-4-3-5-11-13(9)20-15(17)18-11/h3-5H,2,6-8H2,1H3,(H3,17,18,20)(H,19,21,23). The number of carbonyl (C=O) groups excluding carboxylic acids is 1. The highest BCUT2D eigenvalue weighted by atomic mass is 32.1. The number of rotatable bonds is 3. The zero-order chi connectivity index (χ0) is 16.7. The third-order valence-electron chi connectivity index (χ3n) is 4.25. The van der Waals surface area contributed by atoms with Gasteiger partial charge in [0.15, 0.2) is 11.1 Å². The SMILES string of the molecule is CCN1CCc2nc(NC(=O)c3cccc4[nH]c(N)nc34)sc2C1. The van der Waals surface area contributed by atoms with E-state index in [1.54, 1.807) is 23.5 Å². The number of para-hydroxylation sites is 1. The first-order chi connectivity index (χ1) is 11.6. The van der Waals surface area contributed by atoms with Gasteiger partial charge in [0, 0.05) is 24.4 Å². The van der Waals surface area contributed by atoms with Crippen molar-refractivity contribution in [2.75, 3.05) is 24.1 Å². The summed E-state index contributed by atoms with van der Waals surface area (Å²) < 4.78 is 0. The van der Waals surface area contributed by atoms with E-state index in [4.69, 9.17) is 5.73 Å². The third-order valence-corrected chi connectivity index (χ3v) is 5.25. The monoisotopic (exact) mass is 342 g/mol. The number of nitrogens with one attached hydrogen (secondary N) is 2. The van der Waals surface area contributed by atoms with E-state index < -0.39 is 0 Å². The number of carbonyl (C=O) groups is 1. The first-order valence-electron chi connectivity index (χ1n) is 7.90. The Morgan fingerprint density at radius 3 is 3.17 bits per heavy atom. The van der Waals surface area contributed by atoms with Crippen LogP contribution in [0.15, 0.2) is 18.2 Å². The van der Waals surface area contributed by atoms with Crippen LogP contribution in [0.2, 0.25) is 0 Å². The topological polar surface area (TPSA) is 99.9 Å². The number of nitrogens with two attached hydrogens (primary N) is 1. The number of aromatic amines is 1. The van der Waals surface area contributed by atoms with E-state index >= 15 is 0 Å². The number of H-pyrrole nitrogens is 1. The lowest BCUT2D eigenvalue weighted by Gasteiger charge is -2.23. The first-order valence-corrected chi connectivity index (χ1v) is 8.72. The summed E-state index contributed by atoms with van der Waals surface area (Å²) in [6.45, 7) is 5.11. The number of aromatic nitrogens is 3. The molecule has 1 amide bonds. The van der Waals surface area contributed by atoms with Gasteiger partial charge in [0.05, 0.1) is 16.8 Å². The van der Waals surface area contributed by atoms with Gasteiger partial charge in [-0.3, -0.25) is 15.0 Å². The fraction of sp³-hybridized carbons (Fsp3) is 0.312. The fourth-order valence-electron chi connectivity index (χ4n) is 2.97. The Morgan fingerprint density at radius 1 is 1.46 bits per heavy atom. The predicted molar refractivity (Wildman–Crippen MR) is 95.2 cm³/mol. The Bertz CT molecular complexity index is 915. The number of anilines is 2. The van der Waals surface area contributed by atoms with Crippen molar-refractivity contribution in [3.8, 4) is 0 Å². The van der Waals surface area contributed by atoms with Crippen LogP contribution in [0.3, 0.4) is 0 Å². The summed E-state index contributed by atoms with van der Waals surface area (Å²) in [4.78, 5) is 27.9. The molecule has 1 aliphatic rings. The zero-order valence-electron chi connectivity index (χ0n) is 13.3. The van der Waals surface area contributed by atoms with Crippen LogP contribution < -0.4 is 11.1 Å². The summed E-state index contributed by atoms with van der Waals surface area (Å²) in [5, 5.41) is 3.55. The van der Waals surface area contributed by atoms with Gasteiger partial charge in [-0.05, 0) is 18.7 Å². The molecule has 24 heavy (non-hydrogen) atoms. The minimum atomic E-state index is -0.217. The highest BCUT2D eigenvalue weighted by Gasteiger charge is 2.21. The van der Waals surface area contributed by atoms with Crippen molar-refractivity contribution in [3.63, 3.8) is 0 Å². The number of hydrogen-bond acceptors (Lipinski definition) is 6. The number of thiazole rings is 1. The normalized spacial score (nSPS) is 14.7. The summed E-state index contributed by atoms with van der Waals surface area (Å²) >= 11 is 1.55. The average Bonchev–Trinajstić information content (AvgIpc) is 3.14. The van der Waals surface area contributed by atoms with Crippen LogP contribution in [0, 0.1) is 0 Å². The van der Waals surface area contributed by atoms with Gasteiger partial charge in [-0.2, -0.15) is 0 Å². The van der Waals surface area contributed by atoms with E-state index in [0.29, 0.717) is 22.2 Å². The Labute approximate surface area is 142 Å². The number of amides is 1. The van der Waals surface area contributed by atoms with E-state index in [9.17, 15) is 4.79 Å². The molecule has 2 aromatic heterocycles. The minimum Gasteiger partial charge on any atom is -0.369 e. The van der Waals surface area contributed by atoms with Crippen molar-refractivity contribution in [1.29, 1.82) is 0 Å². The Morgan fingerprint density at radius 2 is 2.33 bits per heavy atom. The molecule has 0 bridgehead atoms. The molecule has 0 unspecified atom stereocenters. The molecule has 8 heteroatoms. The minimum absolute atomic E-state index is 0.217. The molecule has 0 saturated carbocycles. The smallest absolute Gasteiger partial charge is 0.259 e. The molecule has 3 aromatic rings. The van der Waals surface area contributed by atoms with Crippen LogP contribution in [-0.4, -0.2) is 38.8 Å². The molecule has 0 fully saturated rings. The molecule has 1 aliphatic heterocycles. The lowest BCUT2D eigenvalue weighted by atomic mass is 10.1. The van der Waals surface area contributed by atoms with Crippen LogP contribution in [0.4, 0.5) is 11.1 Å². The maximum Gasteiger partial charge on any atom is 0.259 e. The summed E-state index contributed by atoms with van der Waals surface area (Å²) in [6.07, 6.45) is 0.932. The van der Waals surface area contributed by atoms with Crippen LogP contribution in [-0.2, 0) is 13.0 Å². The molecule has 7 nitrogen and oxygen atoms in total. The zero-order valence-corrected chi connectivity index (χ0v) is 14.1. The number of nitrogen functional groups attached to an aromatic ring is 1. The van der Waals surface area contributed by atoms with Gasteiger partial charge < -0.3 is 10.7 Å². The van der Waals surface area contributed by atoms with Crippen molar-refractivity contribution in [3.05, 3.63) is 34.3 Å². The van der Waals surface area contributed by atoms with Crippen molar-refractivity contribution in [2.45, 2.75) is 19.9 Å². The van der Waals surface area contributed by atoms with Crippen LogP contribution in [0.1, 0.15) is 27.9 Å². The van der Waals surface area contributed by atoms with Gasteiger partial charge >= 0.3 is 0 Å².